The highest BCUT2D eigenvalue weighted by Crippen LogP contribution is 2.36. The molecule has 1 atom stereocenters. The zero-order valence-electron chi connectivity index (χ0n) is 16.1. The SMILES string of the molecule is O=C(OC1CCCC1)c1ccc(NC(=O)N2CCC3(CC2)CC(O)CO3)cc1. The van der Waals surface area contributed by atoms with Crippen LogP contribution in [0, 0.1) is 0 Å². The van der Waals surface area contributed by atoms with E-state index in [9.17, 15) is 14.7 Å². The molecular formula is C21H28N2O5. The van der Waals surface area contributed by atoms with E-state index in [1.807, 2.05) is 0 Å². The number of aliphatic hydroxyl groups is 1. The third-order valence-electron chi connectivity index (χ3n) is 6.10. The summed E-state index contributed by atoms with van der Waals surface area (Å²) >= 11 is 0. The molecule has 2 amide bonds. The quantitative estimate of drug-likeness (QED) is 0.778. The molecule has 1 aliphatic carbocycles. The van der Waals surface area contributed by atoms with Crippen molar-refractivity contribution >= 4 is 17.7 Å². The van der Waals surface area contributed by atoms with E-state index < -0.39 is 0 Å². The van der Waals surface area contributed by atoms with E-state index in [0.29, 0.717) is 37.4 Å². The van der Waals surface area contributed by atoms with Crippen LogP contribution in [0.2, 0.25) is 0 Å². The molecule has 1 unspecified atom stereocenters. The van der Waals surface area contributed by atoms with Crippen molar-refractivity contribution in [3.05, 3.63) is 29.8 Å². The van der Waals surface area contributed by atoms with Crippen molar-refractivity contribution in [3.63, 3.8) is 0 Å². The van der Waals surface area contributed by atoms with Crippen LogP contribution in [0.25, 0.3) is 0 Å². The van der Waals surface area contributed by atoms with Crippen molar-refractivity contribution in [2.45, 2.75) is 62.8 Å². The summed E-state index contributed by atoms with van der Waals surface area (Å²) in [7, 11) is 0. The summed E-state index contributed by atoms with van der Waals surface area (Å²) in [5.74, 6) is -0.301. The van der Waals surface area contributed by atoms with E-state index in [2.05, 4.69) is 5.32 Å². The lowest BCUT2D eigenvalue weighted by atomic mass is 9.88. The number of urea groups is 1. The van der Waals surface area contributed by atoms with E-state index >= 15 is 0 Å². The first-order chi connectivity index (χ1) is 13.5. The Morgan fingerprint density at radius 2 is 1.82 bits per heavy atom. The smallest absolute Gasteiger partial charge is 0.338 e. The Morgan fingerprint density at radius 1 is 1.14 bits per heavy atom. The van der Waals surface area contributed by atoms with E-state index in [1.54, 1.807) is 29.2 Å². The molecule has 3 aliphatic rings. The van der Waals surface area contributed by atoms with Crippen molar-refractivity contribution in [1.29, 1.82) is 0 Å². The Morgan fingerprint density at radius 3 is 2.43 bits per heavy atom. The van der Waals surface area contributed by atoms with E-state index in [4.69, 9.17) is 9.47 Å². The molecule has 2 heterocycles. The molecule has 1 spiro atoms. The van der Waals surface area contributed by atoms with Crippen LogP contribution >= 0.6 is 0 Å². The number of aliphatic hydroxyl groups excluding tert-OH is 1. The summed E-state index contributed by atoms with van der Waals surface area (Å²) in [5.41, 5.74) is 0.884. The maximum Gasteiger partial charge on any atom is 0.338 e. The summed E-state index contributed by atoms with van der Waals surface area (Å²) < 4.78 is 11.3. The minimum Gasteiger partial charge on any atom is -0.459 e. The minimum absolute atomic E-state index is 0.0410. The zero-order valence-corrected chi connectivity index (χ0v) is 16.1. The number of ether oxygens (including phenoxy) is 2. The van der Waals surface area contributed by atoms with Gasteiger partial charge in [0, 0.05) is 25.2 Å². The van der Waals surface area contributed by atoms with Crippen LogP contribution in [0.1, 0.15) is 55.3 Å². The number of rotatable bonds is 3. The number of benzene rings is 1. The van der Waals surface area contributed by atoms with Gasteiger partial charge in [0.2, 0.25) is 0 Å². The molecule has 1 aromatic rings. The molecule has 7 heteroatoms. The predicted molar refractivity (Wildman–Crippen MR) is 103 cm³/mol. The highest BCUT2D eigenvalue weighted by atomic mass is 16.5. The van der Waals surface area contributed by atoms with Gasteiger partial charge >= 0.3 is 12.0 Å². The Hall–Kier alpha value is -2.12. The fourth-order valence-electron chi connectivity index (χ4n) is 4.40. The molecule has 2 aliphatic heterocycles. The van der Waals surface area contributed by atoms with Crippen molar-refractivity contribution in [1.82, 2.24) is 4.90 Å². The maximum atomic E-state index is 12.5. The lowest BCUT2D eigenvalue weighted by Gasteiger charge is -2.38. The Labute approximate surface area is 165 Å². The van der Waals surface area contributed by atoms with Gasteiger partial charge in [-0.15, -0.1) is 0 Å². The van der Waals surface area contributed by atoms with Crippen LogP contribution in [0.15, 0.2) is 24.3 Å². The van der Waals surface area contributed by atoms with Gasteiger partial charge in [0.1, 0.15) is 6.10 Å². The van der Waals surface area contributed by atoms with Crippen LogP contribution in [-0.2, 0) is 9.47 Å². The van der Waals surface area contributed by atoms with Crippen molar-refractivity contribution < 1.29 is 24.2 Å². The molecule has 0 bridgehead atoms. The molecule has 0 aromatic heterocycles. The third kappa shape index (κ3) is 4.31. The van der Waals surface area contributed by atoms with Crippen molar-refractivity contribution in [2.75, 3.05) is 25.0 Å². The predicted octanol–water partition coefficient (Wildman–Crippen LogP) is 2.93. The number of hydrogen-bond acceptors (Lipinski definition) is 5. The van der Waals surface area contributed by atoms with Gasteiger partial charge < -0.3 is 24.8 Å². The van der Waals surface area contributed by atoms with E-state index in [1.165, 1.54) is 0 Å². The van der Waals surface area contributed by atoms with Gasteiger partial charge in [0.05, 0.1) is 23.9 Å². The first-order valence-corrected chi connectivity index (χ1v) is 10.2. The minimum atomic E-state index is -0.390. The zero-order chi connectivity index (χ0) is 19.6. The van der Waals surface area contributed by atoms with Crippen LogP contribution in [-0.4, -0.2) is 59.5 Å². The fourth-order valence-corrected chi connectivity index (χ4v) is 4.40. The van der Waals surface area contributed by atoms with Gasteiger partial charge in [-0.1, -0.05) is 0 Å². The lowest BCUT2D eigenvalue weighted by molar-refractivity contribution is -0.0365. The van der Waals surface area contributed by atoms with Crippen LogP contribution < -0.4 is 5.32 Å². The molecule has 1 aromatic carbocycles. The monoisotopic (exact) mass is 388 g/mol. The Balaban J connectivity index is 1.27. The number of esters is 1. The first kappa shape index (κ1) is 19.2. The highest BCUT2D eigenvalue weighted by molar-refractivity contribution is 5.92. The average molecular weight is 388 g/mol. The summed E-state index contributed by atoms with van der Waals surface area (Å²) in [4.78, 5) is 26.5. The Bertz CT molecular complexity index is 706. The number of nitrogens with zero attached hydrogens (tertiary/aromatic N) is 1. The van der Waals surface area contributed by atoms with Gasteiger partial charge in [0.25, 0.3) is 0 Å². The second-order valence-electron chi connectivity index (χ2n) is 8.16. The van der Waals surface area contributed by atoms with Crippen LogP contribution in [0.4, 0.5) is 10.5 Å². The van der Waals surface area contributed by atoms with E-state index in [-0.39, 0.29) is 29.8 Å². The number of carbonyl (C=O) groups is 2. The van der Waals surface area contributed by atoms with Crippen molar-refractivity contribution in [3.8, 4) is 0 Å². The van der Waals surface area contributed by atoms with Gasteiger partial charge in [-0.05, 0) is 62.8 Å². The van der Waals surface area contributed by atoms with E-state index in [0.717, 1.165) is 38.5 Å². The number of carbonyl (C=O) groups excluding carboxylic acids is 2. The number of piperidine rings is 1. The number of amides is 2. The second-order valence-corrected chi connectivity index (χ2v) is 8.16. The second kappa shape index (κ2) is 8.09. The topological polar surface area (TPSA) is 88.1 Å². The highest BCUT2D eigenvalue weighted by Gasteiger charge is 2.42. The molecule has 1 saturated carbocycles. The van der Waals surface area contributed by atoms with Gasteiger partial charge in [-0.25, -0.2) is 9.59 Å². The summed E-state index contributed by atoms with van der Waals surface area (Å²) in [6.45, 7) is 1.59. The molecule has 28 heavy (non-hydrogen) atoms. The van der Waals surface area contributed by atoms with Crippen LogP contribution in [0.5, 0.6) is 0 Å². The Kier molecular flexibility index (Phi) is 5.55. The molecule has 4 rings (SSSR count). The van der Waals surface area contributed by atoms with Crippen LogP contribution in [0.3, 0.4) is 0 Å². The third-order valence-corrected chi connectivity index (χ3v) is 6.10. The van der Waals surface area contributed by atoms with Gasteiger partial charge in [0.15, 0.2) is 0 Å². The fraction of sp³-hybridized carbons (Fsp3) is 0.619. The lowest BCUT2D eigenvalue weighted by Crippen LogP contribution is -2.47. The average Bonchev–Trinajstić information content (AvgIpc) is 3.33. The maximum absolute atomic E-state index is 12.5. The number of nitrogens with one attached hydrogen (secondary N) is 1. The summed E-state index contributed by atoms with van der Waals surface area (Å²) in [5, 5.41) is 12.6. The standard InChI is InChI=1S/C21H28N2O5/c24-17-13-21(27-14-17)9-11-23(12-10-21)20(26)22-16-7-5-15(6-8-16)19(25)28-18-3-1-2-4-18/h5-8,17-18,24H,1-4,9-14H2,(H,22,26). The number of anilines is 1. The normalized spacial score (nSPS) is 24.5. The number of likely N-dealkylation sites (tertiary alicyclic amines) is 1. The molecule has 3 fully saturated rings. The molecule has 0 radical (unpaired) electrons. The molecule has 152 valence electrons. The summed E-state index contributed by atoms with van der Waals surface area (Å²) in [6, 6.07) is 6.67. The molecular weight excluding hydrogens is 360 g/mol. The first-order valence-electron chi connectivity index (χ1n) is 10.2. The largest absolute Gasteiger partial charge is 0.459 e. The van der Waals surface area contributed by atoms with Gasteiger partial charge in [-0.2, -0.15) is 0 Å². The summed E-state index contributed by atoms with van der Waals surface area (Å²) in [6.07, 6.45) is 5.91. The van der Waals surface area contributed by atoms with Gasteiger partial charge in [-0.3, -0.25) is 0 Å². The number of hydrogen-bond donors (Lipinski definition) is 2. The molecule has 2 N–H and O–H groups in total. The molecule has 2 saturated heterocycles. The van der Waals surface area contributed by atoms with Crippen molar-refractivity contribution in [2.24, 2.45) is 0 Å². The molecule has 7 nitrogen and oxygen atoms in total.